The molecule has 96 valence electrons. The molecular weight excluding hydrogens is 239 g/mol. The van der Waals surface area contributed by atoms with Crippen LogP contribution < -0.4 is 0 Å². The van der Waals surface area contributed by atoms with E-state index in [1.54, 1.807) is 6.92 Å². The van der Waals surface area contributed by atoms with Gasteiger partial charge in [-0.25, -0.2) is 9.36 Å². The van der Waals surface area contributed by atoms with Gasteiger partial charge in [-0.3, -0.25) is 0 Å². The summed E-state index contributed by atoms with van der Waals surface area (Å²) in [5, 5.41) is 8.98. The lowest BCUT2D eigenvalue weighted by atomic mass is 10.3. The van der Waals surface area contributed by atoms with Gasteiger partial charge in [-0.05, 0) is 6.92 Å². The molecule has 4 N–H and O–H groups in total. The number of carbonyl (C=O) groups is 1. The van der Waals surface area contributed by atoms with Crippen LogP contribution in [0.2, 0.25) is 0 Å². The number of phosphoric acid groups is 1. The molecule has 0 bridgehead atoms. The summed E-state index contributed by atoms with van der Waals surface area (Å²) in [6.07, 6.45) is 0.271. The first-order chi connectivity index (χ1) is 7.07. The average Bonchev–Trinajstić information content (AvgIpc) is 2.00. The number of aliphatic hydroxyl groups is 1. The predicted molar refractivity (Wildman–Crippen MR) is 56.1 cm³/mol. The Labute approximate surface area is 93.6 Å². The van der Waals surface area contributed by atoms with Gasteiger partial charge in [0.15, 0.2) is 0 Å². The third kappa shape index (κ3) is 18.9. The summed E-state index contributed by atoms with van der Waals surface area (Å²) in [7, 11) is -4.64. The maximum atomic E-state index is 10.7. The fraction of sp³-hybridized carbons (Fsp3) is 0.625. The summed E-state index contributed by atoms with van der Waals surface area (Å²) < 4.78 is 13.5. The zero-order valence-electron chi connectivity index (χ0n) is 9.16. The summed E-state index contributed by atoms with van der Waals surface area (Å²) in [5.74, 6) is -0.536. The highest BCUT2D eigenvalue weighted by Gasteiger charge is 2.09. The summed E-state index contributed by atoms with van der Waals surface area (Å²) >= 11 is 0. The maximum absolute atomic E-state index is 10.7. The fourth-order valence-corrected chi connectivity index (χ4v) is 0.530. The molecule has 0 aliphatic heterocycles. The van der Waals surface area contributed by atoms with Gasteiger partial charge in [0, 0.05) is 12.0 Å². The molecule has 16 heavy (non-hydrogen) atoms. The molecule has 0 fully saturated rings. The van der Waals surface area contributed by atoms with Crippen molar-refractivity contribution in [3.05, 3.63) is 12.2 Å². The van der Waals surface area contributed by atoms with E-state index in [2.05, 4.69) is 11.3 Å². The lowest BCUT2D eigenvalue weighted by Gasteiger charge is -2.09. The van der Waals surface area contributed by atoms with E-state index in [9.17, 15) is 4.79 Å². The molecular formula is C8H17O7P. The lowest BCUT2D eigenvalue weighted by molar-refractivity contribution is -0.163. The normalized spacial score (nSPS) is 12.1. The van der Waals surface area contributed by atoms with Crippen LogP contribution in [0.5, 0.6) is 0 Å². The minimum Gasteiger partial charge on any atom is -0.433 e. The molecule has 8 heteroatoms. The Morgan fingerprint density at radius 1 is 1.44 bits per heavy atom. The van der Waals surface area contributed by atoms with E-state index in [0.29, 0.717) is 12.0 Å². The summed E-state index contributed by atoms with van der Waals surface area (Å²) in [6.45, 7) is 6.83. The van der Waals surface area contributed by atoms with Crippen LogP contribution in [0, 0.1) is 0 Å². The number of ether oxygens (including phenoxy) is 1. The van der Waals surface area contributed by atoms with Crippen molar-refractivity contribution >= 4 is 13.8 Å². The van der Waals surface area contributed by atoms with Gasteiger partial charge in [0.05, 0.1) is 0 Å². The molecule has 0 aromatic carbocycles. The molecule has 1 atom stereocenters. The minimum absolute atomic E-state index is 0.306. The molecule has 0 radical (unpaired) electrons. The molecule has 0 aliphatic rings. The predicted octanol–water partition coefficient (Wildman–Crippen LogP) is 0.296. The van der Waals surface area contributed by atoms with Gasteiger partial charge in [0.25, 0.3) is 0 Å². The summed E-state index contributed by atoms with van der Waals surface area (Å²) in [5.41, 5.74) is 0.306. The van der Waals surface area contributed by atoms with Crippen LogP contribution in [0.25, 0.3) is 0 Å². The maximum Gasteiger partial charge on any atom is 0.466 e. The van der Waals surface area contributed by atoms with E-state index >= 15 is 0 Å². The van der Waals surface area contributed by atoms with Crippen molar-refractivity contribution in [2.75, 3.05) is 0 Å². The Kier molecular flexibility index (Phi) is 9.31. The molecule has 0 aliphatic carbocycles. The van der Waals surface area contributed by atoms with Crippen LogP contribution in [-0.4, -0.2) is 32.0 Å². The van der Waals surface area contributed by atoms with Gasteiger partial charge in [-0.15, -0.1) is 0 Å². The summed E-state index contributed by atoms with van der Waals surface area (Å²) in [4.78, 5) is 32.3. The van der Waals surface area contributed by atoms with Gasteiger partial charge >= 0.3 is 13.8 Å². The van der Waals surface area contributed by atoms with Crippen molar-refractivity contribution in [3.63, 3.8) is 0 Å². The van der Waals surface area contributed by atoms with E-state index in [-0.39, 0.29) is 0 Å². The molecule has 0 rings (SSSR count). The average molecular weight is 256 g/mol. The molecule has 0 aromatic heterocycles. The van der Waals surface area contributed by atoms with Crippen LogP contribution in [0.3, 0.4) is 0 Å². The quantitative estimate of drug-likeness (QED) is 0.246. The van der Waals surface area contributed by atoms with Crippen molar-refractivity contribution in [3.8, 4) is 0 Å². The minimum atomic E-state index is -4.64. The van der Waals surface area contributed by atoms with Crippen LogP contribution in [-0.2, 0) is 14.1 Å². The third-order valence-electron chi connectivity index (χ3n) is 1.13. The number of esters is 1. The number of hydrogen-bond donors (Lipinski definition) is 4. The van der Waals surface area contributed by atoms with E-state index in [1.165, 1.54) is 0 Å². The molecule has 0 aromatic rings. The van der Waals surface area contributed by atoms with Gasteiger partial charge in [0.1, 0.15) is 0 Å². The Bertz CT molecular complexity index is 261. The largest absolute Gasteiger partial charge is 0.466 e. The highest BCUT2D eigenvalue weighted by molar-refractivity contribution is 7.45. The molecule has 1 unspecified atom stereocenters. The topological polar surface area (TPSA) is 124 Å². The Balaban J connectivity index is 0. The zero-order valence-corrected chi connectivity index (χ0v) is 10.1. The SMILES string of the molecule is C=C(C)C(=O)OC(O)CCC.O=P(O)(O)O. The summed E-state index contributed by atoms with van der Waals surface area (Å²) in [6, 6.07) is 0. The van der Waals surface area contributed by atoms with Crippen molar-refractivity contribution in [1.82, 2.24) is 0 Å². The van der Waals surface area contributed by atoms with Gasteiger partial charge in [-0.1, -0.05) is 19.9 Å². The van der Waals surface area contributed by atoms with Gasteiger partial charge in [0.2, 0.25) is 6.29 Å². The van der Waals surface area contributed by atoms with E-state index in [1.807, 2.05) is 6.92 Å². The first-order valence-corrected chi connectivity index (χ1v) is 5.97. The molecule has 0 heterocycles. The highest BCUT2D eigenvalue weighted by atomic mass is 31.2. The van der Waals surface area contributed by atoms with Gasteiger partial charge in [-0.2, -0.15) is 0 Å². The fourth-order valence-electron chi connectivity index (χ4n) is 0.530. The first-order valence-electron chi connectivity index (χ1n) is 4.40. The van der Waals surface area contributed by atoms with Crippen molar-refractivity contribution < 1.29 is 33.9 Å². The number of hydrogen-bond acceptors (Lipinski definition) is 4. The Morgan fingerprint density at radius 3 is 2.06 bits per heavy atom. The number of rotatable bonds is 4. The molecule has 0 amide bonds. The first kappa shape index (κ1) is 17.7. The third-order valence-corrected chi connectivity index (χ3v) is 1.13. The lowest BCUT2D eigenvalue weighted by Crippen LogP contribution is -2.17. The zero-order chi connectivity index (χ0) is 13.4. The van der Waals surface area contributed by atoms with Gasteiger partial charge < -0.3 is 24.5 Å². The van der Waals surface area contributed by atoms with Crippen LogP contribution in [0.1, 0.15) is 26.7 Å². The van der Waals surface area contributed by atoms with Crippen LogP contribution in [0.15, 0.2) is 12.2 Å². The number of aliphatic hydroxyl groups excluding tert-OH is 1. The molecule has 0 saturated heterocycles. The Hall–Kier alpha value is -0.720. The van der Waals surface area contributed by atoms with Crippen molar-refractivity contribution in [1.29, 1.82) is 0 Å². The van der Waals surface area contributed by atoms with Crippen molar-refractivity contribution in [2.45, 2.75) is 33.0 Å². The monoisotopic (exact) mass is 256 g/mol. The second kappa shape index (κ2) is 8.43. The highest BCUT2D eigenvalue weighted by Crippen LogP contribution is 2.25. The van der Waals surface area contributed by atoms with Crippen molar-refractivity contribution in [2.24, 2.45) is 0 Å². The number of carbonyl (C=O) groups excluding carboxylic acids is 1. The molecule has 0 saturated carbocycles. The van der Waals surface area contributed by atoms with E-state index in [0.717, 1.165) is 6.42 Å². The Morgan fingerprint density at radius 2 is 1.81 bits per heavy atom. The molecule has 0 spiro atoms. The van der Waals surface area contributed by atoms with E-state index < -0.39 is 20.1 Å². The van der Waals surface area contributed by atoms with Crippen LogP contribution >= 0.6 is 7.82 Å². The standard InChI is InChI=1S/C8H14O3.H3O4P/c1-4-5-7(9)11-8(10)6(2)3;1-5(2,3)4/h7,9H,2,4-5H2,1,3H3;(H3,1,2,3,4). The molecule has 7 nitrogen and oxygen atoms in total. The smallest absolute Gasteiger partial charge is 0.433 e. The van der Waals surface area contributed by atoms with Crippen LogP contribution in [0.4, 0.5) is 0 Å². The second-order valence-corrected chi connectivity index (χ2v) is 3.97. The second-order valence-electron chi connectivity index (χ2n) is 2.94. The van der Waals surface area contributed by atoms with E-state index in [4.69, 9.17) is 24.4 Å².